The summed E-state index contributed by atoms with van der Waals surface area (Å²) in [5.41, 5.74) is -0.406. The van der Waals surface area contributed by atoms with Gasteiger partial charge >= 0.3 is 6.18 Å². The minimum atomic E-state index is -4.69. The summed E-state index contributed by atoms with van der Waals surface area (Å²) in [5.74, 6) is -1.33. The second kappa shape index (κ2) is 11.0. The van der Waals surface area contributed by atoms with Crippen molar-refractivity contribution < 1.29 is 27.6 Å². The zero-order valence-electron chi connectivity index (χ0n) is 17.3. The van der Waals surface area contributed by atoms with Crippen LogP contribution >= 0.6 is 11.6 Å². The first-order valence-electron chi connectivity index (χ1n) is 9.54. The van der Waals surface area contributed by atoms with Gasteiger partial charge in [0.05, 0.1) is 24.3 Å². The number of hydrogen-bond donors (Lipinski definition) is 3. The summed E-state index contributed by atoms with van der Waals surface area (Å²) >= 11 is 5.64. The van der Waals surface area contributed by atoms with E-state index in [4.69, 9.17) is 11.6 Å². The number of benzene rings is 2. The minimum absolute atomic E-state index is 0.104. The lowest BCUT2D eigenvalue weighted by Gasteiger charge is -2.20. The first-order chi connectivity index (χ1) is 15.0. The summed E-state index contributed by atoms with van der Waals surface area (Å²) in [4.78, 5) is 37.1. The van der Waals surface area contributed by atoms with Crippen molar-refractivity contribution in [2.45, 2.75) is 20.0 Å². The Balaban J connectivity index is 1.95. The number of halogens is 4. The van der Waals surface area contributed by atoms with E-state index in [1.807, 2.05) is 0 Å². The average Bonchev–Trinajstić information content (AvgIpc) is 2.69. The number of nitrogens with zero attached hydrogens (tertiary/aromatic N) is 1. The first kappa shape index (κ1) is 25.2. The van der Waals surface area contributed by atoms with E-state index in [0.29, 0.717) is 17.9 Å². The van der Waals surface area contributed by atoms with Crippen molar-refractivity contribution >= 4 is 46.4 Å². The highest BCUT2D eigenvalue weighted by atomic mass is 35.5. The molecule has 11 heteroatoms. The number of amides is 3. The quantitative estimate of drug-likeness (QED) is 0.539. The molecule has 0 spiro atoms. The number of likely N-dealkylation sites (N-methyl/N-ethyl adjacent to an activating group) is 1. The molecule has 2 aromatic carbocycles. The topological polar surface area (TPSA) is 90.5 Å². The van der Waals surface area contributed by atoms with Gasteiger partial charge in [-0.2, -0.15) is 13.2 Å². The highest BCUT2D eigenvalue weighted by Gasteiger charge is 2.34. The summed E-state index contributed by atoms with van der Waals surface area (Å²) in [6, 6.07) is 9.50. The van der Waals surface area contributed by atoms with Gasteiger partial charge in [-0.05, 0) is 49.0 Å². The number of anilines is 3. The lowest BCUT2D eigenvalue weighted by atomic mass is 10.1. The van der Waals surface area contributed by atoms with E-state index in [2.05, 4.69) is 16.0 Å². The van der Waals surface area contributed by atoms with Crippen molar-refractivity contribution in [1.29, 1.82) is 0 Å². The minimum Gasteiger partial charge on any atom is -0.326 e. The van der Waals surface area contributed by atoms with Crippen LogP contribution in [0.15, 0.2) is 42.5 Å². The van der Waals surface area contributed by atoms with Crippen LogP contribution in [-0.2, 0) is 20.6 Å². The van der Waals surface area contributed by atoms with Crippen LogP contribution in [0.4, 0.5) is 30.2 Å². The maximum atomic E-state index is 13.2. The van der Waals surface area contributed by atoms with Gasteiger partial charge < -0.3 is 16.0 Å². The zero-order valence-corrected chi connectivity index (χ0v) is 18.1. The molecule has 0 radical (unpaired) electrons. The van der Waals surface area contributed by atoms with Crippen LogP contribution in [0.25, 0.3) is 0 Å². The number of hydrogen-bond acceptors (Lipinski definition) is 4. The standard InChI is InChI=1S/C21H22ClF3N4O3/c1-3-29(11-19(31)27-16-7-5-15(6-8-16)26-13(2)30)12-20(32)28-18-9-4-14(22)10-17(18)21(23,24)25/h4-10H,3,11-12H2,1-2H3,(H,26,30)(H,27,31)(H,28,32). The smallest absolute Gasteiger partial charge is 0.326 e. The molecule has 3 amide bonds. The third-order valence-electron chi connectivity index (χ3n) is 4.23. The molecule has 0 fully saturated rings. The largest absolute Gasteiger partial charge is 0.418 e. The summed E-state index contributed by atoms with van der Waals surface area (Å²) < 4.78 is 39.5. The second-order valence-electron chi connectivity index (χ2n) is 6.85. The van der Waals surface area contributed by atoms with Gasteiger partial charge in [0.25, 0.3) is 0 Å². The number of rotatable bonds is 8. The van der Waals surface area contributed by atoms with E-state index < -0.39 is 29.2 Å². The maximum absolute atomic E-state index is 13.2. The van der Waals surface area contributed by atoms with Crippen molar-refractivity contribution in [2.75, 3.05) is 35.6 Å². The van der Waals surface area contributed by atoms with E-state index in [0.717, 1.165) is 12.1 Å². The van der Waals surface area contributed by atoms with Gasteiger partial charge in [0.15, 0.2) is 0 Å². The molecule has 2 aromatic rings. The van der Waals surface area contributed by atoms with Crippen LogP contribution in [0.3, 0.4) is 0 Å². The van der Waals surface area contributed by atoms with Gasteiger partial charge in [0, 0.05) is 23.3 Å². The van der Waals surface area contributed by atoms with Crippen molar-refractivity contribution in [3.05, 3.63) is 53.1 Å². The van der Waals surface area contributed by atoms with Gasteiger partial charge in [-0.15, -0.1) is 0 Å². The van der Waals surface area contributed by atoms with Gasteiger partial charge in [-0.25, -0.2) is 0 Å². The number of nitrogens with one attached hydrogen (secondary N) is 3. The molecule has 0 saturated carbocycles. The lowest BCUT2D eigenvalue weighted by molar-refractivity contribution is -0.137. The van der Waals surface area contributed by atoms with Gasteiger partial charge in [0.1, 0.15) is 0 Å². The molecular formula is C21H22ClF3N4O3. The fourth-order valence-corrected chi connectivity index (χ4v) is 2.95. The molecule has 32 heavy (non-hydrogen) atoms. The lowest BCUT2D eigenvalue weighted by Crippen LogP contribution is -2.38. The van der Waals surface area contributed by atoms with Crippen LogP contribution in [0, 0.1) is 0 Å². The zero-order chi connectivity index (χ0) is 23.9. The van der Waals surface area contributed by atoms with Crippen molar-refractivity contribution in [3.8, 4) is 0 Å². The van der Waals surface area contributed by atoms with E-state index in [9.17, 15) is 27.6 Å². The van der Waals surface area contributed by atoms with E-state index in [1.54, 1.807) is 31.2 Å². The number of carbonyl (C=O) groups is 3. The predicted molar refractivity (Wildman–Crippen MR) is 117 cm³/mol. The third kappa shape index (κ3) is 7.86. The highest BCUT2D eigenvalue weighted by molar-refractivity contribution is 6.30. The monoisotopic (exact) mass is 470 g/mol. The Labute approximate surface area is 187 Å². The van der Waals surface area contributed by atoms with E-state index in [1.165, 1.54) is 17.9 Å². The Kier molecular flexibility index (Phi) is 8.62. The van der Waals surface area contributed by atoms with Crippen molar-refractivity contribution in [1.82, 2.24) is 4.90 Å². The molecular weight excluding hydrogens is 449 g/mol. The van der Waals surface area contributed by atoms with Crippen LogP contribution in [-0.4, -0.2) is 42.3 Å². The Morgan fingerprint density at radius 1 is 0.906 bits per heavy atom. The summed E-state index contributed by atoms with van der Waals surface area (Å²) in [6.07, 6.45) is -4.69. The maximum Gasteiger partial charge on any atom is 0.418 e. The van der Waals surface area contributed by atoms with Crippen molar-refractivity contribution in [3.63, 3.8) is 0 Å². The Hall–Kier alpha value is -3.11. The molecule has 0 aliphatic heterocycles. The summed E-state index contributed by atoms with van der Waals surface area (Å²) in [6.45, 7) is 2.97. The first-order valence-corrected chi connectivity index (χ1v) is 9.92. The molecule has 0 heterocycles. The molecule has 0 aliphatic rings. The van der Waals surface area contributed by atoms with Crippen LogP contribution in [0.1, 0.15) is 19.4 Å². The van der Waals surface area contributed by atoms with Gasteiger partial charge in [-0.1, -0.05) is 18.5 Å². The molecule has 0 aromatic heterocycles. The molecule has 0 atom stereocenters. The second-order valence-corrected chi connectivity index (χ2v) is 7.28. The van der Waals surface area contributed by atoms with E-state index in [-0.39, 0.29) is 24.0 Å². The molecule has 0 aliphatic carbocycles. The Morgan fingerprint density at radius 2 is 1.44 bits per heavy atom. The summed E-state index contributed by atoms with van der Waals surface area (Å²) in [7, 11) is 0. The van der Waals surface area contributed by atoms with Gasteiger partial charge in [-0.3, -0.25) is 19.3 Å². The number of alkyl halides is 3. The molecule has 0 bridgehead atoms. The van der Waals surface area contributed by atoms with E-state index >= 15 is 0 Å². The SMILES string of the molecule is CCN(CC(=O)Nc1ccc(NC(C)=O)cc1)CC(=O)Nc1ccc(Cl)cc1C(F)(F)F. The number of carbonyl (C=O) groups excluding carboxylic acids is 3. The van der Waals surface area contributed by atoms with Crippen molar-refractivity contribution in [2.24, 2.45) is 0 Å². The fraction of sp³-hybridized carbons (Fsp3) is 0.286. The molecule has 3 N–H and O–H groups in total. The normalized spacial score (nSPS) is 11.2. The molecule has 172 valence electrons. The molecule has 2 rings (SSSR count). The average molecular weight is 471 g/mol. The third-order valence-corrected chi connectivity index (χ3v) is 4.47. The summed E-state index contributed by atoms with van der Waals surface area (Å²) in [5, 5.41) is 7.38. The van der Waals surface area contributed by atoms with Gasteiger partial charge in [0.2, 0.25) is 17.7 Å². The fourth-order valence-electron chi connectivity index (χ4n) is 2.78. The predicted octanol–water partition coefficient (Wildman–Crippen LogP) is 4.22. The molecule has 0 saturated heterocycles. The Morgan fingerprint density at radius 3 is 1.94 bits per heavy atom. The highest BCUT2D eigenvalue weighted by Crippen LogP contribution is 2.36. The van der Waals surface area contributed by atoms with Crippen LogP contribution in [0.5, 0.6) is 0 Å². The van der Waals surface area contributed by atoms with Crippen LogP contribution in [0.2, 0.25) is 5.02 Å². The Bertz CT molecular complexity index is 981. The molecule has 0 unspecified atom stereocenters. The van der Waals surface area contributed by atoms with Crippen LogP contribution < -0.4 is 16.0 Å². The molecule has 7 nitrogen and oxygen atoms in total.